The Balaban J connectivity index is 1.20. The first-order chi connectivity index (χ1) is 26.7. The number of benzene rings is 8. The van der Waals surface area contributed by atoms with Gasteiger partial charge in [0, 0.05) is 27.6 Å². The van der Waals surface area contributed by atoms with Gasteiger partial charge in [0.05, 0.1) is 22.4 Å². The van der Waals surface area contributed by atoms with Crippen molar-refractivity contribution in [2.45, 2.75) is 47.0 Å². The number of hydrogen-bond acceptors (Lipinski definition) is 1. The van der Waals surface area contributed by atoms with Gasteiger partial charge in [0.1, 0.15) is 0 Å². The third-order valence-electron chi connectivity index (χ3n) is 12.2. The van der Waals surface area contributed by atoms with Gasteiger partial charge in [0.25, 0.3) is 0 Å². The first-order valence-corrected chi connectivity index (χ1v) is 19.4. The summed E-state index contributed by atoms with van der Waals surface area (Å²) >= 11 is 0. The molecule has 0 saturated carbocycles. The first kappa shape index (κ1) is 33.2. The summed E-state index contributed by atoms with van der Waals surface area (Å²) in [5.41, 5.74) is 20.1. The summed E-state index contributed by atoms with van der Waals surface area (Å²) in [4.78, 5) is 2.55. The Bertz CT molecular complexity index is 2910. The van der Waals surface area contributed by atoms with E-state index in [9.17, 15) is 0 Å². The number of hydrogen-bond donors (Lipinski definition) is 0. The van der Waals surface area contributed by atoms with Gasteiger partial charge in [0.15, 0.2) is 0 Å². The van der Waals surface area contributed by atoms with Gasteiger partial charge in [-0.3, -0.25) is 0 Å². The SMILES string of the molecule is Cc1cc(-c2cccc3ccccc23)cc(C)c1N(c1ccc2c(c1)C(C)(C)c1ccccc1-2)c1c(C)cc(-n2c3ccccc3c3ccccc32)cc1C. The Labute approximate surface area is 323 Å². The molecule has 1 aliphatic rings. The number of nitrogens with zero attached hydrogens (tertiary/aromatic N) is 2. The average molecular weight is 709 g/mol. The minimum absolute atomic E-state index is 0.111. The van der Waals surface area contributed by atoms with Crippen LogP contribution in [0.25, 0.3) is 60.5 Å². The summed E-state index contributed by atoms with van der Waals surface area (Å²) in [6.07, 6.45) is 0. The van der Waals surface area contributed by atoms with E-state index in [0.29, 0.717) is 0 Å². The average Bonchev–Trinajstić information content (AvgIpc) is 3.65. The summed E-state index contributed by atoms with van der Waals surface area (Å²) in [7, 11) is 0. The Morgan fingerprint density at radius 2 is 0.945 bits per heavy atom. The van der Waals surface area contributed by atoms with Gasteiger partial charge in [-0.2, -0.15) is 0 Å². The second kappa shape index (κ2) is 12.3. The molecule has 0 saturated heterocycles. The van der Waals surface area contributed by atoms with Gasteiger partial charge in [-0.25, -0.2) is 0 Å². The lowest BCUT2D eigenvalue weighted by molar-refractivity contribution is 0.660. The lowest BCUT2D eigenvalue weighted by Gasteiger charge is -2.33. The molecule has 2 nitrogen and oxygen atoms in total. The van der Waals surface area contributed by atoms with Crippen LogP contribution in [0.15, 0.2) is 158 Å². The zero-order valence-corrected chi connectivity index (χ0v) is 32.4. The largest absolute Gasteiger partial charge is 0.309 e. The zero-order valence-electron chi connectivity index (χ0n) is 32.4. The molecule has 2 heteroatoms. The molecule has 8 aromatic carbocycles. The molecular weight excluding hydrogens is 665 g/mol. The van der Waals surface area contributed by atoms with Gasteiger partial charge in [-0.1, -0.05) is 123 Å². The maximum atomic E-state index is 2.55. The Kier molecular flexibility index (Phi) is 7.44. The molecule has 0 radical (unpaired) electrons. The molecule has 1 aromatic heterocycles. The lowest BCUT2D eigenvalue weighted by atomic mass is 9.82. The van der Waals surface area contributed by atoms with E-state index in [1.807, 2.05) is 0 Å². The fourth-order valence-electron chi connectivity index (χ4n) is 9.76. The van der Waals surface area contributed by atoms with Crippen LogP contribution in [-0.4, -0.2) is 4.57 Å². The van der Waals surface area contributed by atoms with Crippen LogP contribution in [0.4, 0.5) is 17.1 Å². The van der Waals surface area contributed by atoms with Gasteiger partial charge in [-0.15, -0.1) is 0 Å². The monoisotopic (exact) mass is 708 g/mol. The Morgan fingerprint density at radius 1 is 0.436 bits per heavy atom. The second-order valence-electron chi connectivity index (χ2n) is 16.0. The van der Waals surface area contributed by atoms with Crippen molar-refractivity contribution >= 4 is 49.6 Å². The molecule has 0 unspecified atom stereocenters. The Morgan fingerprint density at radius 3 is 1.62 bits per heavy atom. The predicted molar refractivity (Wildman–Crippen MR) is 235 cm³/mol. The number of fused-ring (bicyclic) bond motifs is 7. The molecule has 0 atom stereocenters. The standard InChI is InChI=1S/C53H44N2/c1-33-28-38(42-22-15-17-37-16-7-8-18-41(37)42)29-34(2)51(33)55(39-26-27-44-43-19-9-12-23-47(43)53(5,6)48(44)32-39)52-35(3)30-40(31-36(52)4)54-49-24-13-10-20-45(49)46-21-11-14-25-50(46)54/h7-32H,1-6H3. The molecule has 1 aliphatic carbocycles. The van der Waals surface area contributed by atoms with E-state index in [-0.39, 0.29) is 5.41 Å². The highest BCUT2D eigenvalue weighted by molar-refractivity contribution is 6.09. The fraction of sp³-hybridized carbons (Fsp3) is 0.132. The molecule has 0 N–H and O–H groups in total. The molecule has 0 fully saturated rings. The van der Waals surface area contributed by atoms with Crippen LogP contribution >= 0.6 is 0 Å². The highest BCUT2D eigenvalue weighted by atomic mass is 15.2. The van der Waals surface area contributed by atoms with E-state index in [2.05, 4.69) is 209 Å². The number of aromatic nitrogens is 1. The van der Waals surface area contributed by atoms with Crippen LogP contribution in [0.3, 0.4) is 0 Å². The number of rotatable bonds is 5. The highest BCUT2D eigenvalue weighted by Gasteiger charge is 2.36. The van der Waals surface area contributed by atoms with Crippen LogP contribution in [0.5, 0.6) is 0 Å². The van der Waals surface area contributed by atoms with Crippen molar-refractivity contribution in [3.8, 4) is 27.9 Å². The maximum absolute atomic E-state index is 2.55. The topological polar surface area (TPSA) is 8.17 Å². The van der Waals surface area contributed by atoms with Crippen LogP contribution in [0, 0.1) is 27.7 Å². The second-order valence-corrected chi connectivity index (χ2v) is 16.0. The van der Waals surface area contributed by atoms with Crippen molar-refractivity contribution in [2.24, 2.45) is 0 Å². The minimum atomic E-state index is -0.111. The molecule has 55 heavy (non-hydrogen) atoms. The summed E-state index contributed by atoms with van der Waals surface area (Å²) in [6, 6.07) is 58.5. The quantitative estimate of drug-likeness (QED) is 0.173. The van der Waals surface area contributed by atoms with Crippen molar-refractivity contribution in [1.29, 1.82) is 0 Å². The van der Waals surface area contributed by atoms with Crippen molar-refractivity contribution in [2.75, 3.05) is 4.90 Å². The van der Waals surface area contributed by atoms with Crippen LogP contribution in [-0.2, 0) is 5.41 Å². The van der Waals surface area contributed by atoms with Gasteiger partial charge in [0.2, 0.25) is 0 Å². The number of anilines is 3. The molecule has 266 valence electrons. The third-order valence-corrected chi connectivity index (χ3v) is 12.2. The van der Waals surface area contributed by atoms with E-state index in [0.717, 1.165) is 0 Å². The van der Waals surface area contributed by atoms with E-state index in [1.54, 1.807) is 0 Å². The molecule has 10 rings (SSSR count). The van der Waals surface area contributed by atoms with Crippen LogP contribution < -0.4 is 4.90 Å². The molecule has 0 spiro atoms. The van der Waals surface area contributed by atoms with Crippen molar-refractivity contribution in [3.05, 3.63) is 191 Å². The van der Waals surface area contributed by atoms with Gasteiger partial charge >= 0.3 is 0 Å². The highest BCUT2D eigenvalue weighted by Crippen LogP contribution is 2.52. The number of para-hydroxylation sites is 2. The molecule has 0 bridgehead atoms. The van der Waals surface area contributed by atoms with Crippen molar-refractivity contribution < 1.29 is 0 Å². The summed E-state index contributed by atoms with van der Waals surface area (Å²) < 4.78 is 2.43. The lowest BCUT2D eigenvalue weighted by Crippen LogP contribution is -2.18. The van der Waals surface area contributed by atoms with E-state index in [1.165, 1.54) is 111 Å². The van der Waals surface area contributed by atoms with E-state index >= 15 is 0 Å². The normalized spacial score (nSPS) is 13.1. The summed E-state index contributed by atoms with van der Waals surface area (Å²) in [6.45, 7) is 13.9. The fourth-order valence-corrected chi connectivity index (χ4v) is 9.76. The maximum Gasteiger partial charge on any atom is 0.0541 e. The Hall–Kier alpha value is -6.38. The molecular formula is C53H44N2. The van der Waals surface area contributed by atoms with E-state index < -0.39 is 0 Å². The van der Waals surface area contributed by atoms with Crippen LogP contribution in [0.2, 0.25) is 0 Å². The van der Waals surface area contributed by atoms with Crippen molar-refractivity contribution in [3.63, 3.8) is 0 Å². The zero-order chi connectivity index (χ0) is 37.6. The van der Waals surface area contributed by atoms with Gasteiger partial charge < -0.3 is 9.47 Å². The molecule has 1 heterocycles. The van der Waals surface area contributed by atoms with E-state index in [4.69, 9.17) is 0 Å². The number of aryl methyl sites for hydroxylation is 4. The minimum Gasteiger partial charge on any atom is -0.309 e. The first-order valence-electron chi connectivity index (χ1n) is 19.4. The van der Waals surface area contributed by atoms with Crippen LogP contribution in [0.1, 0.15) is 47.2 Å². The molecule has 0 aliphatic heterocycles. The predicted octanol–water partition coefficient (Wildman–Crippen LogP) is 14.6. The molecule has 0 amide bonds. The smallest absolute Gasteiger partial charge is 0.0541 e. The summed E-state index contributed by atoms with van der Waals surface area (Å²) in [5, 5.41) is 5.09. The molecule has 9 aromatic rings. The van der Waals surface area contributed by atoms with Crippen molar-refractivity contribution in [1.82, 2.24) is 4.57 Å². The summed E-state index contributed by atoms with van der Waals surface area (Å²) in [5.74, 6) is 0. The third kappa shape index (κ3) is 5.01. The van der Waals surface area contributed by atoms with Gasteiger partial charge in [-0.05, 0) is 143 Å².